The zero-order chi connectivity index (χ0) is 19.5. The van der Waals surface area contributed by atoms with Gasteiger partial charge in [-0.3, -0.25) is 0 Å². The molecule has 0 unspecified atom stereocenters. The molecule has 0 aliphatic rings. The van der Waals surface area contributed by atoms with Gasteiger partial charge in [-0.15, -0.1) is 24.0 Å². The second-order valence-corrected chi connectivity index (χ2v) is 6.54. The average molecular weight is 501 g/mol. The molecule has 2 N–H and O–H groups in total. The molecule has 0 spiro atoms. The molecule has 2 aromatic rings. The van der Waals surface area contributed by atoms with E-state index in [0.29, 0.717) is 25.6 Å². The average Bonchev–Trinajstić information content (AvgIpc) is 3.09. The zero-order valence-corrected chi connectivity index (χ0v) is 19.5. The van der Waals surface area contributed by atoms with Crippen LogP contribution in [-0.4, -0.2) is 42.3 Å². The molecule has 1 aromatic heterocycles. The lowest BCUT2D eigenvalue weighted by Gasteiger charge is -2.13. The molecule has 1 aromatic carbocycles. The van der Waals surface area contributed by atoms with Crippen LogP contribution < -0.4 is 20.1 Å². The quantitative estimate of drug-likeness (QED) is 0.226. The fourth-order valence-corrected chi connectivity index (χ4v) is 2.55. The van der Waals surface area contributed by atoms with Gasteiger partial charge in [-0.1, -0.05) is 13.8 Å². The molecule has 0 aliphatic heterocycles. The first kappa shape index (κ1) is 24.1. The lowest BCUT2D eigenvalue weighted by molar-refractivity contribution is 0.321. The van der Waals surface area contributed by atoms with Crippen molar-refractivity contribution < 1.29 is 9.47 Å². The Bertz CT molecular complexity index is 701. The van der Waals surface area contributed by atoms with Gasteiger partial charge in [0.05, 0.1) is 13.7 Å². The van der Waals surface area contributed by atoms with Crippen molar-refractivity contribution in [1.29, 1.82) is 0 Å². The van der Waals surface area contributed by atoms with Gasteiger partial charge in [-0.2, -0.15) is 0 Å². The molecule has 2 rings (SSSR count). The van der Waals surface area contributed by atoms with E-state index in [9.17, 15) is 0 Å². The monoisotopic (exact) mass is 501 g/mol. The number of aliphatic imine (C=N–C) groups is 1. The van der Waals surface area contributed by atoms with E-state index in [1.807, 2.05) is 43.6 Å². The Balaban J connectivity index is 0.00000392. The van der Waals surface area contributed by atoms with E-state index in [1.165, 1.54) is 0 Å². The van der Waals surface area contributed by atoms with Crippen molar-refractivity contribution >= 4 is 29.9 Å². The van der Waals surface area contributed by atoms with E-state index in [1.54, 1.807) is 7.11 Å². The Hall–Kier alpha value is -1.97. The van der Waals surface area contributed by atoms with Crippen molar-refractivity contribution in [2.45, 2.75) is 33.9 Å². The van der Waals surface area contributed by atoms with Crippen molar-refractivity contribution in [3.05, 3.63) is 42.5 Å². The highest BCUT2D eigenvalue weighted by molar-refractivity contribution is 14.0. The molecule has 0 saturated heterocycles. The maximum Gasteiger partial charge on any atom is 0.191 e. The summed E-state index contributed by atoms with van der Waals surface area (Å²) in [5.74, 6) is 3.93. The van der Waals surface area contributed by atoms with E-state index in [-0.39, 0.29) is 24.0 Å². The van der Waals surface area contributed by atoms with E-state index in [2.05, 4.69) is 39.0 Å². The third-order valence-corrected chi connectivity index (χ3v) is 3.81. The molecule has 156 valence electrons. The number of methoxy groups -OCH3 is 1. The van der Waals surface area contributed by atoms with E-state index >= 15 is 0 Å². The van der Waals surface area contributed by atoms with Crippen LogP contribution in [-0.2, 0) is 13.1 Å². The fraction of sp³-hybridized carbons (Fsp3) is 0.500. The molecule has 0 saturated carbocycles. The lowest BCUT2D eigenvalue weighted by Crippen LogP contribution is -2.39. The highest BCUT2D eigenvalue weighted by atomic mass is 127. The molecular weight excluding hydrogens is 469 g/mol. The Morgan fingerprint density at radius 2 is 1.89 bits per heavy atom. The van der Waals surface area contributed by atoms with Crippen LogP contribution in [0.2, 0.25) is 0 Å². The van der Waals surface area contributed by atoms with E-state index in [4.69, 9.17) is 9.47 Å². The summed E-state index contributed by atoms with van der Waals surface area (Å²) in [6.07, 6.45) is 3.84. The topological polar surface area (TPSA) is 72.7 Å². The zero-order valence-electron chi connectivity index (χ0n) is 17.1. The number of nitrogens with zero attached hydrogens (tertiary/aromatic N) is 3. The van der Waals surface area contributed by atoms with Crippen molar-refractivity contribution in [3.63, 3.8) is 0 Å². The smallest absolute Gasteiger partial charge is 0.191 e. The van der Waals surface area contributed by atoms with Crippen LogP contribution in [0, 0.1) is 5.92 Å². The highest BCUT2D eigenvalue weighted by Gasteiger charge is 2.05. The van der Waals surface area contributed by atoms with Crippen molar-refractivity contribution in [2.24, 2.45) is 10.9 Å². The number of rotatable bonds is 10. The normalized spacial score (nSPS) is 11.1. The standard InChI is InChI=1S/C20H31N5O2.HI/c1-5-21-20(24-14-19-22-10-12-25(19)15-16(2)3)23-11-13-27-18-8-6-17(26-4)7-9-18;/h6-10,12,16H,5,11,13-15H2,1-4H3,(H2,21,23,24);1H. The van der Waals surface area contributed by atoms with Gasteiger partial charge in [0, 0.05) is 25.5 Å². The maximum absolute atomic E-state index is 5.73. The largest absolute Gasteiger partial charge is 0.497 e. The minimum Gasteiger partial charge on any atom is -0.497 e. The minimum atomic E-state index is 0. The second kappa shape index (κ2) is 13.2. The van der Waals surface area contributed by atoms with Crippen LogP contribution in [0.5, 0.6) is 11.5 Å². The second-order valence-electron chi connectivity index (χ2n) is 6.54. The van der Waals surface area contributed by atoms with Gasteiger partial charge < -0.3 is 24.7 Å². The third kappa shape index (κ3) is 8.37. The summed E-state index contributed by atoms with van der Waals surface area (Å²) in [7, 11) is 1.65. The summed E-state index contributed by atoms with van der Waals surface area (Å²) >= 11 is 0. The molecule has 28 heavy (non-hydrogen) atoms. The van der Waals surface area contributed by atoms with Gasteiger partial charge >= 0.3 is 0 Å². The van der Waals surface area contributed by atoms with Crippen molar-refractivity contribution in [2.75, 3.05) is 26.8 Å². The maximum atomic E-state index is 5.73. The van der Waals surface area contributed by atoms with E-state index in [0.717, 1.165) is 36.4 Å². The molecule has 0 fully saturated rings. The number of ether oxygens (including phenoxy) is 2. The number of guanidine groups is 1. The van der Waals surface area contributed by atoms with Gasteiger partial charge in [0.15, 0.2) is 5.96 Å². The Morgan fingerprint density at radius 3 is 2.54 bits per heavy atom. The minimum absolute atomic E-state index is 0. The number of hydrogen-bond acceptors (Lipinski definition) is 4. The number of hydrogen-bond donors (Lipinski definition) is 2. The number of imidazole rings is 1. The van der Waals surface area contributed by atoms with Crippen LogP contribution in [0.4, 0.5) is 0 Å². The molecule has 1 heterocycles. The summed E-state index contributed by atoms with van der Waals surface area (Å²) in [6, 6.07) is 7.56. The molecule has 7 nitrogen and oxygen atoms in total. The van der Waals surface area contributed by atoms with Crippen LogP contribution >= 0.6 is 24.0 Å². The molecule has 8 heteroatoms. The highest BCUT2D eigenvalue weighted by Crippen LogP contribution is 2.16. The van der Waals surface area contributed by atoms with Gasteiger partial charge in [0.1, 0.15) is 30.5 Å². The predicted molar refractivity (Wildman–Crippen MR) is 124 cm³/mol. The summed E-state index contributed by atoms with van der Waals surface area (Å²) in [5, 5.41) is 6.54. The Labute approximate surface area is 185 Å². The number of aromatic nitrogens is 2. The Kier molecular flexibility index (Phi) is 11.4. The SMILES string of the molecule is CCNC(=NCc1nccn1CC(C)C)NCCOc1ccc(OC)cc1.I. The van der Waals surface area contributed by atoms with Crippen LogP contribution in [0.1, 0.15) is 26.6 Å². The number of halogens is 1. The van der Waals surface area contributed by atoms with E-state index < -0.39 is 0 Å². The molecular formula is C20H32IN5O2. The molecule has 0 aliphatic carbocycles. The summed E-state index contributed by atoms with van der Waals surface area (Å²) in [5.41, 5.74) is 0. The number of benzene rings is 1. The number of nitrogens with one attached hydrogen (secondary N) is 2. The summed E-state index contributed by atoms with van der Waals surface area (Å²) < 4.78 is 13.0. The lowest BCUT2D eigenvalue weighted by atomic mass is 10.2. The fourth-order valence-electron chi connectivity index (χ4n) is 2.55. The third-order valence-electron chi connectivity index (χ3n) is 3.81. The van der Waals surface area contributed by atoms with Gasteiger partial charge in [0.25, 0.3) is 0 Å². The first-order chi connectivity index (χ1) is 13.1. The van der Waals surface area contributed by atoms with Crippen molar-refractivity contribution in [1.82, 2.24) is 20.2 Å². The van der Waals surface area contributed by atoms with Crippen molar-refractivity contribution in [3.8, 4) is 11.5 Å². The first-order valence-corrected chi connectivity index (χ1v) is 9.41. The van der Waals surface area contributed by atoms with Gasteiger partial charge in [0.2, 0.25) is 0 Å². The van der Waals surface area contributed by atoms with Crippen LogP contribution in [0.25, 0.3) is 0 Å². The molecule has 0 radical (unpaired) electrons. The first-order valence-electron chi connectivity index (χ1n) is 9.41. The van der Waals surface area contributed by atoms with Crippen LogP contribution in [0.3, 0.4) is 0 Å². The van der Waals surface area contributed by atoms with Gasteiger partial charge in [-0.25, -0.2) is 9.98 Å². The molecule has 0 amide bonds. The van der Waals surface area contributed by atoms with Gasteiger partial charge in [-0.05, 0) is 37.1 Å². The predicted octanol–water partition coefficient (Wildman–Crippen LogP) is 3.30. The molecule has 0 atom stereocenters. The molecule has 0 bridgehead atoms. The Morgan fingerprint density at radius 1 is 1.18 bits per heavy atom. The summed E-state index contributed by atoms with van der Waals surface area (Å²) in [6.45, 7) is 9.91. The van der Waals surface area contributed by atoms with Crippen LogP contribution in [0.15, 0.2) is 41.7 Å². The summed E-state index contributed by atoms with van der Waals surface area (Å²) in [4.78, 5) is 9.05.